The molecule has 1 aromatic heterocycles. The molecule has 0 saturated heterocycles. The van der Waals surface area contributed by atoms with Crippen molar-refractivity contribution in [2.24, 2.45) is 5.73 Å². The first-order chi connectivity index (χ1) is 5.54. The van der Waals surface area contributed by atoms with Gasteiger partial charge in [0.2, 0.25) is 5.89 Å². The Bertz CT molecular complexity index is 249. The van der Waals surface area contributed by atoms with Crippen molar-refractivity contribution in [3.8, 4) is 0 Å². The number of oxazole rings is 1. The summed E-state index contributed by atoms with van der Waals surface area (Å²) in [7, 11) is 1.86. The van der Waals surface area contributed by atoms with Gasteiger partial charge >= 0.3 is 0 Å². The van der Waals surface area contributed by atoms with Gasteiger partial charge in [0.1, 0.15) is 5.76 Å². The van der Waals surface area contributed by atoms with Gasteiger partial charge in [0.05, 0.1) is 18.3 Å². The molecule has 0 fully saturated rings. The Hall–Kier alpha value is -0.870. The molecule has 0 aliphatic rings. The molecule has 0 bridgehead atoms. The minimum atomic E-state index is -0.494. The number of rotatable bonds is 3. The maximum Gasteiger partial charge on any atom is 0.213 e. The molecule has 0 aliphatic carbocycles. The first-order valence-electron chi connectivity index (χ1n) is 3.92. The summed E-state index contributed by atoms with van der Waals surface area (Å²) in [5.74, 6) is 1.39. The molecule has 0 amide bonds. The van der Waals surface area contributed by atoms with E-state index in [4.69, 9.17) is 10.2 Å². The van der Waals surface area contributed by atoms with Gasteiger partial charge in [0, 0.05) is 0 Å². The summed E-state index contributed by atoms with van der Waals surface area (Å²) in [6.45, 7) is 4.41. The van der Waals surface area contributed by atoms with Crippen LogP contribution in [-0.2, 0) is 12.1 Å². The predicted molar refractivity (Wildman–Crippen MR) is 46.5 cm³/mol. The van der Waals surface area contributed by atoms with Crippen LogP contribution in [0.1, 0.15) is 25.5 Å². The van der Waals surface area contributed by atoms with Gasteiger partial charge in [0.15, 0.2) is 0 Å². The van der Waals surface area contributed by atoms with Crippen LogP contribution in [0, 0.1) is 0 Å². The number of aromatic nitrogens is 1. The molecule has 0 aromatic carbocycles. The van der Waals surface area contributed by atoms with Crippen LogP contribution in [0.25, 0.3) is 0 Å². The van der Waals surface area contributed by atoms with Crippen LogP contribution in [0.5, 0.6) is 0 Å². The molecule has 4 nitrogen and oxygen atoms in total. The monoisotopic (exact) mass is 169 g/mol. The summed E-state index contributed by atoms with van der Waals surface area (Å²) < 4.78 is 5.39. The highest BCUT2D eigenvalue weighted by Crippen LogP contribution is 2.15. The number of nitrogens with zero attached hydrogens (tertiary/aromatic N) is 1. The van der Waals surface area contributed by atoms with Crippen molar-refractivity contribution in [1.29, 1.82) is 0 Å². The lowest BCUT2D eigenvalue weighted by Crippen LogP contribution is -2.28. The fraction of sp³-hybridized carbons (Fsp3) is 0.625. The third kappa shape index (κ3) is 2.06. The fourth-order valence-corrected chi connectivity index (χ4v) is 0.861. The van der Waals surface area contributed by atoms with E-state index in [0.717, 1.165) is 5.76 Å². The standard InChI is InChI=1S/C8H15N3O/c1-8(2,9)7-11-5-6(12-7)4-10-3/h5,10H,4,9H2,1-3H3. The second-order valence-electron chi connectivity index (χ2n) is 3.38. The maximum absolute atomic E-state index is 5.79. The Balaban J connectivity index is 2.77. The second kappa shape index (κ2) is 3.25. The van der Waals surface area contributed by atoms with Crippen LogP contribution in [0.3, 0.4) is 0 Å². The summed E-state index contributed by atoms with van der Waals surface area (Å²) in [5, 5.41) is 2.97. The summed E-state index contributed by atoms with van der Waals surface area (Å²) in [6, 6.07) is 0. The van der Waals surface area contributed by atoms with Crippen molar-refractivity contribution >= 4 is 0 Å². The van der Waals surface area contributed by atoms with Gasteiger partial charge in [-0.1, -0.05) is 0 Å². The minimum Gasteiger partial charge on any atom is -0.442 e. The van der Waals surface area contributed by atoms with Crippen LogP contribution < -0.4 is 11.1 Å². The Morgan fingerprint density at radius 3 is 2.75 bits per heavy atom. The smallest absolute Gasteiger partial charge is 0.213 e. The fourth-order valence-electron chi connectivity index (χ4n) is 0.861. The van der Waals surface area contributed by atoms with Gasteiger partial charge in [-0.15, -0.1) is 0 Å². The van der Waals surface area contributed by atoms with Crippen LogP contribution in [0.15, 0.2) is 10.6 Å². The molecule has 12 heavy (non-hydrogen) atoms. The lowest BCUT2D eigenvalue weighted by molar-refractivity contribution is 0.357. The average molecular weight is 169 g/mol. The largest absolute Gasteiger partial charge is 0.442 e. The molecular formula is C8H15N3O. The normalized spacial score (nSPS) is 12.0. The number of nitrogens with one attached hydrogen (secondary N) is 1. The first kappa shape index (κ1) is 9.22. The quantitative estimate of drug-likeness (QED) is 0.695. The molecular weight excluding hydrogens is 154 g/mol. The highest BCUT2D eigenvalue weighted by atomic mass is 16.4. The summed E-state index contributed by atoms with van der Waals surface area (Å²) >= 11 is 0. The van der Waals surface area contributed by atoms with Crippen molar-refractivity contribution < 1.29 is 4.42 Å². The van der Waals surface area contributed by atoms with Crippen LogP contribution in [0.4, 0.5) is 0 Å². The molecule has 1 aromatic rings. The van der Waals surface area contributed by atoms with Gasteiger partial charge in [0.25, 0.3) is 0 Å². The van der Waals surface area contributed by atoms with Crippen molar-refractivity contribution in [3.05, 3.63) is 17.8 Å². The molecule has 4 heteroatoms. The Kier molecular flexibility index (Phi) is 2.49. The first-order valence-corrected chi connectivity index (χ1v) is 3.92. The molecule has 1 heterocycles. The van der Waals surface area contributed by atoms with E-state index in [1.807, 2.05) is 20.9 Å². The molecule has 68 valence electrons. The van der Waals surface area contributed by atoms with Gasteiger partial charge in [-0.05, 0) is 20.9 Å². The highest BCUT2D eigenvalue weighted by Gasteiger charge is 2.20. The van der Waals surface area contributed by atoms with E-state index in [-0.39, 0.29) is 0 Å². The molecule has 3 N–H and O–H groups in total. The van der Waals surface area contributed by atoms with Crippen LogP contribution in [0.2, 0.25) is 0 Å². The lowest BCUT2D eigenvalue weighted by atomic mass is 10.1. The molecule has 0 spiro atoms. The zero-order chi connectivity index (χ0) is 9.19. The molecule has 0 radical (unpaired) electrons. The Labute approximate surface area is 72.2 Å². The number of hydrogen-bond donors (Lipinski definition) is 2. The molecule has 0 atom stereocenters. The summed E-state index contributed by atoms with van der Waals surface area (Å²) in [5.41, 5.74) is 5.30. The van der Waals surface area contributed by atoms with E-state index in [0.29, 0.717) is 12.4 Å². The van der Waals surface area contributed by atoms with E-state index < -0.39 is 5.54 Å². The van der Waals surface area contributed by atoms with Crippen LogP contribution >= 0.6 is 0 Å². The van der Waals surface area contributed by atoms with E-state index in [1.165, 1.54) is 0 Å². The van der Waals surface area contributed by atoms with Crippen LogP contribution in [-0.4, -0.2) is 12.0 Å². The molecule has 0 aliphatic heterocycles. The summed E-state index contributed by atoms with van der Waals surface area (Å²) in [4.78, 5) is 4.07. The van der Waals surface area contributed by atoms with Crippen molar-refractivity contribution in [3.63, 3.8) is 0 Å². The highest BCUT2D eigenvalue weighted by molar-refractivity contribution is 5.01. The zero-order valence-corrected chi connectivity index (χ0v) is 7.72. The van der Waals surface area contributed by atoms with Crippen molar-refractivity contribution in [1.82, 2.24) is 10.3 Å². The third-order valence-electron chi connectivity index (χ3n) is 1.46. The van der Waals surface area contributed by atoms with Gasteiger partial charge in [-0.3, -0.25) is 0 Å². The topological polar surface area (TPSA) is 64.1 Å². The molecule has 1 rings (SSSR count). The predicted octanol–water partition coefficient (Wildman–Crippen LogP) is 0.588. The van der Waals surface area contributed by atoms with Crippen molar-refractivity contribution in [2.75, 3.05) is 7.05 Å². The Morgan fingerprint density at radius 1 is 1.67 bits per heavy atom. The Morgan fingerprint density at radius 2 is 2.33 bits per heavy atom. The van der Waals surface area contributed by atoms with E-state index in [9.17, 15) is 0 Å². The SMILES string of the molecule is CNCc1cnc(C(C)(C)N)o1. The van der Waals surface area contributed by atoms with Gasteiger partial charge in [-0.25, -0.2) is 4.98 Å². The average Bonchev–Trinajstić information content (AvgIpc) is 2.35. The maximum atomic E-state index is 5.79. The van der Waals surface area contributed by atoms with E-state index >= 15 is 0 Å². The van der Waals surface area contributed by atoms with Gasteiger partial charge in [-0.2, -0.15) is 0 Å². The van der Waals surface area contributed by atoms with E-state index in [2.05, 4.69) is 10.3 Å². The zero-order valence-electron chi connectivity index (χ0n) is 7.72. The second-order valence-corrected chi connectivity index (χ2v) is 3.38. The number of hydrogen-bond acceptors (Lipinski definition) is 4. The molecule has 0 unspecified atom stereocenters. The van der Waals surface area contributed by atoms with E-state index in [1.54, 1.807) is 6.20 Å². The minimum absolute atomic E-state index is 0.494. The third-order valence-corrected chi connectivity index (χ3v) is 1.46. The number of nitrogens with two attached hydrogens (primary N) is 1. The summed E-state index contributed by atoms with van der Waals surface area (Å²) in [6.07, 6.45) is 1.69. The lowest BCUT2D eigenvalue weighted by Gasteiger charge is -2.12. The molecule has 0 saturated carbocycles. The van der Waals surface area contributed by atoms with Crippen molar-refractivity contribution in [2.45, 2.75) is 25.9 Å². The van der Waals surface area contributed by atoms with Gasteiger partial charge < -0.3 is 15.5 Å².